The molecule has 0 fully saturated rings. The van der Waals surface area contributed by atoms with Gasteiger partial charge in [0.05, 0.1) is 32.4 Å². The number of carbonyl (C=O) groups is 1. The third-order valence-corrected chi connectivity index (χ3v) is 3.99. The zero-order valence-electron chi connectivity index (χ0n) is 15.0. The Labute approximate surface area is 153 Å². The molecule has 0 radical (unpaired) electrons. The number of hydrogen-bond acceptors (Lipinski definition) is 5. The summed E-state index contributed by atoms with van der Waals surface area (Å²) in [6, 6.07) is 7.02. The number of imidazole rings is 1. The van der Waals surface area contributed by atoms with Gasteiger partial charge in [-0.1, -0.05) is 0 Å². The van der Waals surface area contributed by atoms with Crippen LogP contribution in [0.5, 0.6) is 17.2 Å². The average molecular weight is 375 g/mol. The molecule has 0 spiro atoms. The van der Waals surface area contributed by atoms with Crippen molar-refractivity contribution in [3.63, 3.8) is 0 Å². The predicted molar refractivity (Wildman–Crippen MR) is 97.2 cm³/mol. The Balaban J connectivity index is 1.87. The molecule has 8 nitrogen and oxygen atoms in total. The highest BCUT2D eigenvalue weighted by atomic mass is 19.1. The monoisotopic (exact) mass is 375 g/mol. The number of H-pyrrole nitrogens is 1. The van der Waals surface area contributed by atoms with Crippen molar-refractivity contribution in [3.8, 4) is 17.2 Å². The second kappa shape index (κ2) is 7.40. The minimum Gasteiger partial charge on any atom is -0.493 e. The van der Waals surface area contributed by atoms with Gasteiger partial charge in [-0.15, -0.1) is 0 Å². The highest BCUT2D eigenvalue weighted by Gasteiger charge is 2.16. The lowest BCUT2D eigenvalue weighted by Crippen LogP contribution is -2.25. The fourth-order valence-electron chi connectivity index (χ4n) is 2.79. The predicted octanol–water partition coefficient (Wildman–Crippen LogP) is 2.13. The second-order valence-corrected chi connectivity index (χ2v) is 5.64. The topological polar surface area (TPSA) is 94.6 Å². The summed E-state index contributed by atoms with van der Waals surface area (Å²) in [7, 11) is 4.41. The highest BCUT2D eigenvalue weighted by Crippen LogP contribution is 2.39. The molecule has 3 rings (SSSR count). The summed E-state index contributed by atoms with van der Waals surface area (Å²) in [6.45, 7) is -0.249. The molecule has 9 heteroatoms. The standard InChI is InChI=1S/C18H18FN3O5/c1-25-14-7-11(8-15(26-2)17(14)27-3)20-16(23)9-22-13-5-4-10(19)6-12(13)21-18(22)24/h4-8H,9H2,1-3H3,(H,20,23)(H,21,24). The molecule has 0 atom stereocenters. The molecule has 142 valence electrons. The molecule has 1 aromatic heterocycles. The average Bonchev–Trinajstić information content (AvgIpc) is 2.95. The van der Waals surface area contributed by atoms with Crippen molar-refractivity contribution < 1.29 is 23.4 Å². The molecule has 0 aliphatic carbocycles. The molecule has 0 aliphatic heterocycles. The number of nitrogens with one attached hydrogen (secondary N) is 2. The first-order chi connectivity index (χ1) is 13.0. The summed E-state index contributed by atoms with van der Waals surface area (Å²) >= 11 is 0. The Morgan fingerprint density at radius 2 is 1.78 bits per heavy atom. The molecule has 1 amide bonds. The molecular formula is C18H18FN3O5. The van der Waals surface area contributed by atoms with Crippen LogP contribution < -0.4 is 25.2 Å². The number of aromatic amines is 1. The Hall–Kier alpha value is -3.49. The van der Waals surface area contributed by atoms with Crippen LogP contribution in [0.2, 0.25) is 0 Å². The van der Waals surface area contributed by atoms with Crippen molar-refractivity contribution in [2.45, 2.75) is 6.54 Å². The lowest BCUT2D eigenvalue weighted by molar-refractivity contribution is -0.116. The molecular weight excluding hydrogens is 357 g/mol. The van der Waals surface area contributed by atoms with E-state index in [4.69, 9.17) is 14.2 Å². The van der Waals surface area contributed by atoms with Crippen LogP contribution in [-0.2, 0) is 11.3 Å². The highest BCUT2D eigenvalue weighted by molar-refractivity contribution is 5.92. The summed E-state index contributed by atoms with van der Waals surface area (Å²) in [6.07, 6.45) is 0. The van der Waals surface area contributed by atoms with Crippen LogP contribution >= 0.6 is 0 Å². The first-order valence-corrected chi connectivity index (χ1v) is 7.94. The number of aromatic nitrogens is 2. The second-order valence-electron chi connectivity index (χ2n) is 5.64. The van der Waals surface area contributed by atoms with Crippen LogP contribution in [0.4, 0.5) is 10.1 Å². The van der Waals surface area contributed by atoms with Crippen molar-refractivity contribution in [2.24, 2.45) is 0 Å². The summed E-state index contributed by atoms with van der Waals surface area (Å²) in [5.74, 6) is 0.237. The molecule has 0 saturated carbocycles. The van der Waals surface area contributed by atoms with Crippen LogP contribution in [0.3, 0.4) is 0 Å². The first-order valence-electron chi connectivity index (χ1n) is 7.94. The van der Waals surface area contributed by atoms with E-state index in [1.165, 1.54) is 44.1 Å². The molecule has 2 N–H and O–H groups in total. The molecule has 0 aliphatic rings. The van der Waals surface area contributed by atoms with Crippen LogP contribution in [0.15, 0.2) is 35.1 Å². The zero-order valence-corrected chi connectivity index (χ0v) is 15.0. The van der Waals surface area contributed by atoms with Crippen molar-refractivity contribution in [1.82, 2.24) is 9.55 Å². The van der Waals surface area contributed by atoms with E-state index in [2.05, 4.69) is 10.3 Å². The van der Waals surface area contributed by atoms with E-state index in [0.717, 1.165) is 0 Å². The number of amides is 1. The van der Waals surface area contributed by atoms with E-state index in [1.54, 1.807) is 12.1 Å². The normalized spacial score (nSPS) is 10.7. The lowest BCUT2D eigenvalue weighted by Gasteiger charge is -2.14. The number of anilines is 1. The number of carbonyl (C=O) groups excluding carboxylic acids is 1. The minimum absolute atomic E-state index is 0.249. The maximum absolute atomic E-state index is 13.3. The van der Waals surface area contributed by atoms with Gasteiger partial charge in [0.25, 0.3) is 0 Å². The van der Waals surface area contributed by atoms with Gasteiger partial charge in [0.15, 0.2) is 11.5 Å². The van der Waals surface area contributed by atoms with E-state index in [1.807, 2.05) is 0 Å². The largest absolute Gasteiger partial charge is 0.493 e. The van der Waals surface area contributed by atoms with Crippen molar-refractivity contribution in [3.05, 3.63) is 46.6 Å². The molecule has 3 aromatic rings. The summed E-state index contributed by atoms with van der Waals surface area (Å²) in [5.41, 5.74) is 0.658. The van der Waals surface area contributed by atoms with Gasteiger partial charge in [-0.2, -0.15) is 0 Å². The Kier molecular flexibility index (Phi) is 5.02. The number of hydrogen-bond donors (Lipinski definition) is 2. The number of benzene rings is 2. The first kappa shape index (κ1) is 18.3. The van der Waals surface area contributed by atoms with Gasteiger partial charge in [0.1, 0.15) is 12.4 Å². The number of ether oxygens (including phenoxy) is 3. The number of methoxy groups -OCH3 is 3. The van der Waals surface area contributed by atoms with E-state index < -0.39 is 17.4 Å². The van der Waals surface area contributed by atoms with Gasteiger partial charge in [0, 0.05) is 17.8 Å². The molecule has 0 bridgehead atoms. The van der Waals surface area contributed by atoms with Crippen LogP contribution in [0, 0.1) is 5.82 Å². The molecule has 1 heterocycles. The van der Waals surface area contributed by atoms with Gasteiger partial charge in [0.2, 0.25) is 11.7 Å². The van der Waals surface area contributed by atoms with Crippen molar-refractivity contribution in [2.75, 3.05) is 26.6 Å². The Bertz CT molecular complexity index is 1030. The van der Waals surface area contributed by atoms with Gasteiger partial charge >= 0.3 is 5.69 Å². The number of fused-ring (bicyclic) bond motifs is 1. The van der Waals surface area contributed by atoms with E-state index >= 15 is 0 Å². The van der Waals surface area contributed by atoms with Crippen LogP contribution in [0.1, 0.15) is 0 Å². The SMILES string of the molecule is COc1cc(NC(=O)Cn2c(=O)[nH]c3cc(F)ccc32)cc(OC)c1OC. The Morgan fingerprint density at radius 1 is 1.11 bits per heavy atom. The van der Waals surface area contributed by atoms with Gasteiger partial charge in [-0.3, -0.25) is 9.36 Å². The maximum Gasteiger partial charge on any atom is 0.326 e. The minimum atomic E-state index is -0.504. The van der Waals surface area contributed by atoms with Gasteiger partial charge in [-0.25, -0.2) is 9.18 Å². The number of nitrogens with zero attached hydrogens (tertiary/aromatic N) is 1. The van der Waals surface area contributed by atoms with E-state index in [9.17, 15) is 14.0 Å². The third-order valence-electron chi connectivity index (χ3n) is 3.99. The quantitative estimate of drug-likeness (QED) is 0.688. The molecule has 2 aromatic carbocycles. The number of rotatable bonds is 6. The van der Waals surface area contributed by atoms with E-state index in [0.29, 0.717) is 34.0 Å². The summed E-state index contributed by atoms with van der Waals surface area (Å²) in [5, 5.41) is 2.68. The summed E-state index contributed by atoms with van der Waals surface area (Å²) < 4.78 is 30.2. The molecule has 27 heavy (non-hydrogen) atoms. The van der Waals surface area contributed by atoms with Gasteiger partial charge in [-0.05, 0) is 18.2 Å². The van der Waals surface area contributed by atoms with Gasteiger partial charge < -0.3 is 24.5 Å². The Morgan fingerprint density at radius 3 is 2.37 bits per heavy atom. The smallest absolute Gasteiger partial charge is 0.326 e. The lowest BCUT2D eigenvalue weighted by atomic mass is 10.2. The molecule has 0 unspecified atom stereocenters. The van der Waals surface area contributed by atoms with Crippen LogP contribution in [0.25, 0.3) is 11.0 Å². The van der Waals surface area contributed by atoms with E-state index in [-0.39, 0.29) is 6.54 Å². The zero-order chi connectivity index (χ0) is 19.6. The van der Waals surface area contributed by atoms with Crippen LogP contribution in [-0.4, -0.2) is 36.8 Å². The molecule has 0 saturated heterocycles. The fraction of sp³-hybridized carbons (Fsp3) is 0.222. The fourth-order valence-corrected chi connectivity index (χ4v) is 2.79. The van der Waals surface area contributed by atoms with Crippen molar-refractivity contribution in [1.29, 1.82) is 0 Å². The summed E-state index contributed by atoms with van der Waals surface area (Å²) in [4.78, 5) is 27.0. The third kappa shape index (κ3) is 3.57. The number of halogens is 1. The van der Waals surface area contributed by atoms with Crippen molar-refractivity contribution >= 4 is 22.6 Å². The maximum atomic E-state index is 13.3.